The fourth-order valence-electron chi connectivity index (χ4n) is 3.75. The Bertz CT molecular complexity index is 833. The lowest BCUT2D eigenvalue weighted by Gasteiger charge is -2.47. The number of thioether (sulfide) groups is 1. The molecule has 1 saturated heterocycles. The molecule has 7 nitrogen and oxygen atoms in total. The van der Waals surface area contributed by atoms with Gasteiger partial charge in [-0.05, 0) is 24.6 Å². The molecule has 2 aliphatic rings. The maximum Gasteiger partial charge on any atom is 0.353 e. The van der Waals surface area contributed by atoms with E-state index >= 15 is 0 Å². The summed E-state index contributed by atoms with van der Waals surface area (Å²) >= 11 is 1.33. The van der Waals surface area contributed by atoms with Crippen LogP contribution in [0, 0.1) is 11.8 Å². The maximum atomic E-state index is 12.6. The number of hydrogen-bond donors (Lipinski definition) is 2. The van der Waals surface area contributed by atoms with Crippen LogP contribution in [0.25, 0.3) is 0 Å². The molecular weight excluding hydrogens is 392 g/mol. The van der Waals surface area contributed by atoms with Gasteiger partial charge in [-0.3, -0.25) is 14.6 Å². The topological polar surface area (TPSA) is 99.6 Å². The van der Waals surface area contributed by atoms with Crippen molar-refractivity contribution >= 4 is 29.5 Å². The van der Waals surface area contributed by atoms with Gasteiger partial charge in [0.25, 0.3) is 5.91 Å². The summed E-state index contributed by atoms with van der Waals surface area (Å²) in [6, 6.07) is 2.33. The fraction of sp³-hybridized carbons (Fsp3) is 0.444. The second kappa shape index (κ2) is 7.86. The van der Waals surface area contributed by atoms with Gasteiger partial charge in [-0.25, -0.2) is 4.79 Å². The van der Waals surface area contributed by atoms with Gasteiger partial charge in [0.1, 0.15) is 5.70 Å². The summed E-state index contributed by atoms with van der Waals surface area (Å²) in [7, 11) is 0. The number of amides is 2. The summed E-state index contributed by atoms with van der Waals surface area (Å²) in [4.78, 5) is 41.4. The van der Waals surface area contributed by atoms with Crippen molar-refractivity contribution in [3.63, 3.8) is 0 Å². The molecule has 28 heavy (non-hydrogen) atoms. The number of halogens is 2. The number of nitrogens with zero attached hydrogens (tertiary/aromatic N) is 2. The lowest BCUT2D eigenvalue weighted by molar-refractivity contribution is -0.159. The average Bonchev–Trinajstić information content (AvgIpc) is 2.89. The lowest BCUT2D eigenvalue weighted by atomic mass is 9.78. The molecule has 1 fully saturated rings. The third-order valence-electron chi connectivity index (χ3n) is 5.04. The number of carboxylic acids is 1. The van der Waals surface area contributed by atoms with Crippen LogP contribution in [-0.4, -0.2) is 51.3 Å². The summed E-state index contributed by atoms with van der Waals surface area (Å²) in [5.41, 5.74) is 0.893. The normalized spacial score (nSPS) is 24.8. The monoisotopic (exact) mass is 411 g/mol. The number of aromatic nitrogens is 1. The summed E-state index contributed by atoms with van der Waals surface area (Å²) < 4.78 is 25.0. The molecule has 0 spiro atoms. The number of alkyl halides is 2. The van der Waals surface area contributed by atoms with Gasteiger partial charge >= 0.3 is 12.4 Å². The van der Waals surface area contributed by atoms with Gasteiger partial charge in [-0.1, -0.05) is 6.92 Å². The number of rotatable bonds is 7. The molecule has 0 unspecified atom stereocenters. The molecule has 0 aliphatic carbocycles. The Hall–Kier alpha value is -2.49. The van der Waals surface area contributed by atoms with Crippen molar-refractivity contribution in [3.05, 3.63) is 40.7 Å². The number of carboxylic acid groups (broad SMARTS) is 1. The van der Waals surface area contributed by atoms with Crippen LogP contribution in [-0.2, 0) is 20.1 Å². The van der Waals surface area contributed by atoms with Gasteiger partial charge in [-0.2, -0.15) is 8.78 Å². The van der Waals surface area contributed by atoms with E-state index in [1.807, 2.05) is 19.1 Å². The average molecular weight is 411 g/mol. The molecule has 10 heteroatoms. The Morgan fingerprint density at radius 1 is 1.36 bits per heavy atom. The van der Waals surface area contributed by atoms with E-state index in [0.717, 1.165) is 5.56 Å². The van der Waals surface area contributed by atoms with Gasteiger partial charge in [-0.15, -0.1) is 11.8 Å². The Balaban J connectivity index is 1.79. The van der Waals surface area contributed by atoms with Crippen LogP contribution >= 0.6 is 11.8 Å². The van der Waals surface area contributed by atoms with Crippen LogP contribution in [0.3, 0.4) is 0 Å². The van der Waals surface area contributed by atoms with E-state index in [0.29, 0.717) is 10.7 Å². The minimum atomic E-state index is -3.17. The fourth-order valence-corrected chi connectivity index (χ4v) is 4.99. The molecule has 3 heterocycles. The van der Waals surface area contributed by atoms with Crippen molar-refractivity contribution in [1.29, 1.82) is 0 Å². The zero-order valence-electron chi connectivity index (χ0n) is 15.1. The van der Waals surface area contributed by atoms with Crippen LogP contribution < -0.4 is 5.32 Å². The van der Waals surface area contributed by atoms with Crippen molar-refractivity contribution in [2.75, 3.05) is 0 Å². The smallest absolute Gasteiger partial charge is 0.353 e. The number of fused-ring (bicyclic) bond motifs is 1. The minimum absolute atomic E-state index is 0.0646. The van der Waals surface area contributed by atoms with E-state index < -0.39 is 42.2 Å². The third kappa shape index (κ3) is 3.48. The van der Waals surface area contributed by atoms with Gasteiger partial charge in [0.15, 0.2) is 0 Å². The van der Waals surface area contributed by atoms with E-state index in [4.69, 9.17) is 0 Å². The van der Waals surface area contributed by atoms with Crippen molar-refractivity contribution in [3.8, 4) is 0 Å². The van der Waals surface area contributed by atoms with E-state index in [9.17, 15) is 28.3 Å². The number of carbonyl (C=O) groups excluding carboxylic acids is 2. The quantitative estimate of drug-likeness (QED) is 0.665. The van der Waals surface area contributed by atoms with E-state index in [2.05, 4.69) is 10.3 Å². The van der Waals surface area contributed by atoms with Gasteiger partial charge in [0, 0.05) is 35.0 Å². The highest BCUT2D eigenvalue weighted by atomic mass is 32.2. The molecule has 0 bridgehead atoms. The summed E-state index contributed by atoms with van der Waals surface area (Å²) in [5.74, 6) is -3.64. The van der Waals surface area contributed by atoms with Crippen LogP contribution in [0.1, 0.15) is 19.4 Å². The van der Waals surface area contributed by atoms with Crippen LogP contribution in [0.5, 0.6) is 0 Å². The van der Waals surface area contributed by atoms with Crippen molar-refractivity contribution < 1.29 is 28.3 Å². The molecule has 2 N–H and O–H groups in total. The highest BCUT2D eigenvalue weighted by molar-refractivity contribution is 8.02. The van der Waals surface area contributed by atoms with Crippen molar-refractivity contribution in [2.24, 2.45) is 11.8 Å². The molecule has 1 aromatic rings. The number of carbonyl (C=O) groups is 3. The van der Waals surface area contributed by atoms with E-state index in [1.165, 1.54) is 23.6 Å². The molecule has 3 rings (SSSR count). The zero-order chi connectivity index (χ0) is 20.6. The maximum absolute atomic E-state index is 12.6. The van der Waals surface area contributed by atoms with Crippen LogP contribution in [0.15, 0.2) is 35.1 Å². The second-order valence-electron chi connectivity index (χ2n) is 6.77. The molecule has 0 saturated carbocycles. The molecular formula is C18H19F2N3O4S. The lowest BCUT2D eigenvalue weighted by Crippen LogP contribution is -2.66. The first kappa shape index (κ1) is 20.2. The summed E-state index contributed by atoms with van der Waals surface area (Å²) in [6.07, 6.45) is 0.107. The first-order valence-electron chi connectivity index (χ1n) is 8.64. The Labute approximate surface area is 164 Å². The summed E-state index contributed by atoms with van der Waals surface area (Å²) in [6.45, 7) is 3.29. The molecule has 0 aromatic carbocycles. The largest absolute Gasteiger partial charge is 0.477 e. The number of hydrogen-bond acceptors (Lipinski definition) is 5. The zero-order valence-corrected chi connectivity index (χ0v) is 16.0. The number of pyridine rings is 1. The Morgan fingerprint density at radius 2 is 2.00 bits per heavy atom. The second-order valence-corrected chi connectivity index (χ2v) is 7.79. The number of β-lactam (4-membered cyclic amide) rings is 1. The minimum Gasteiger partial charge on any atom is -0.477 e. The first-order valence-corrected chi connectivity index (χ1v) is 9.63. The Morgan fingerprint density at radius 3 is 2.57 bits per heavy atom. The first-order chi connectivity index (χ1) is 13.2. The molecule has 2 aliphatic heterocycles. The van der Waals surface area contributed by atoms with Crippen LogP contribution in [0.4, 0.5) is 8.78 Å². The molecule has 150 valence electrons. The standard InChI is InChI=1S/C18H19F2N3O4S/c1-8-12-11(9(2)22-16(24)15(19)20)17(25)23(12)13(18(26)27)14(8)28-7-10-3-5-21-6-4-10/h3-6,8-9,11-12,15H,7H2,1-2H3,(H,22,24)(H,26,27)/t8-,9-,11-,12-/m1/s1. The third-order valence-corrected chi connectivity index (χ3v) is 6.40. The summed E-state index contributed by atoms with van der Waals surface area (Å²) in [5, 5.41) is 11.8. The SMILES string of the molecule is C[C@@H](NC(=O)C(F)F)[C@H]1C(=O)N2C(C(=O)O)=C(SCc3ccncc3)[C@H](C)[C@H]12. The van der Waals surface area contributed by atoms with Crippen LogP contribution in [0.2, 0.25) is 0 Å². The Kier molecular flexibility index (Phi) is 5.69. The highest BCUT2D eigenvalue weighted by Gasteiger charge is 2.60. The number of nitrogens with one attached hydrogen (secondary N) is 1. The van der Waals surface area contributed by atoms with E-state index in [1.54, 1.807) is 12.4 Å². The molecule has 2 amide bonds. The van der Waals surface area contributed by atoms with Gasteiger partial charge in [0.2, 0.25) is 5.91 Å². The predicted octanol–water partition coefficient (Wildman–Crippen LogP) is 1.86. The van der Waals surface area contributed by atoms with Gasteiger partial charge in [0.05, 0.1) is 12.0 Å². The number of aliphatic carboxylic acids is 1. The molecule has 4 atom stereocenters. The van der Waals surface area contributed by atoms with Gasteiger partial charge < -0.3 is 15.3 Å². The highest BCUT2D eigenvalue weighted by Crippen LogP contribution is 2.50. The van der Waals surface area contributed by atoms with E-state index in [-0.39, 0.29) is 11.6 Å². The van der Waals surface area contributed by atoms with Crippen molar-refractivity contribution in [2.45, 2.75) is 38.1 Å². The van der Waals surface area contributed by atoms with Crippen molar-refractivity contribution in [1.82, 2.24) is 15.2 Å². The molecule has 1 aromatic heterocycles. The molecule has 0 radical (unpaired) electrons. The predicted molar refractivity (Wildman–Crippen MR) is 97.1 cm³/mol.